The molecule has 0 aliphatic carbocycles. The van der Waals surface area contributed by atoms with Gasteiger partial charge in [-0.3, -0.25) is 5.32 Å². The summed E-state index contributed by atoms with van der Waals surface area (Å²) in [6, 6.07) is 18.5. The number of amides is 1. The van der Waals surface area contributed by atoms with E-state index in [1.165, 1.54) is 0 Å². The highest BCUT2D eigenvalue weighted by atomic mass is 16.7. The number of para-hydroxylation sites is 2. The summed E-state index contributed by atoms with van der Waals surface area (Å²) in [4.78, 5) is 12.5. The number of aromatic nitrogens is 2. The zero-order valence-electron chi connectivity index (χ0n) is 17.7. The van der Waals surface area contributed by atoms with E-state index in [0.717, 1.165) is 5.69 Å². The molecule has 162 valence electrons. The van der Waals surface area contributed by atoms with Gasteiger partial charge in [-0.05, 0) is 45.0 Å². The molecule has 0 bridgehead atoms. The Morgan fingerprint density at radius 1 is 1.16 bits per heavy atom. The Bertz CT molecular complexity index is 1030. The zero-order valence-corrected chi connectivity index (χ0v) is 17.7. The Labute approximate surface area is 180 Å². The molecule has 8 heteroatoms. The van der Waals surface area contributed by atoms with Crippen LogP contribution >= 0.6 is 0 Å². The molecule has 2 aromatic carbocycles. The highest BCUT2D eigenvalue weighted by Gasteiger charge is 2.33. The molecule has 3 aromatic rings. The van der Waals surface area contributed by atoms with Crippen LogP contribution < -0.4 is 14.8 Å². The second-order valence-corrected chi connectivity index (χ2v) is 7.62. The van der Waals surface area contributed by atoms with Gasteiger partial charge in [-0.1, -0.05) is 36.4 Å². The molecule has 1 atom stereocenters. The summed E-state index contributed by atoms with van der Waals surface area (Å²) in [6.07, 6.45) is -0.825. The minimum atomic E-state index is -0.629. The Morgan fingerprint density at radius 2 is 1.84 bits per heavy atom. The van der Waals surface area contributed by atoms with Crippen LogP contribution in [0, 0.1) is 6.92 Å². The number of benzene rings is 2. The molecule has 0 radical (unpaired) electrons. The molecule has 1 saturated heterocycles. The maximum Gasteiger partial charge on any atom is 0.418 e. The smallest absolute Gasteiger partial charge is 0.418 e. The fraction of sp³-hybridized carbons (Fsp3) is 0.304. The van der Waals surface area contributed by atoms with Gasteiger partial charge in [-0.15, -0.1) is 5.10 Å². The van der Waals surface area contributed by atoms with E-state index in [-0.39, 0.29) is 18.6 Å². The molecule has 2 heterocycles. The van der Waals surface area contributed by atoms with E-state index in [0.29, 0.717) is 23.7 Å². The molecule has 1 aliphatic heterocycles. The van der Waals surface area contributed by atoms with Crippen LogP contribution in [0.5, 0.6) is 11.8 Å². The van der Waals surface area contributed by atoms with E-state index in [4.69, 9.17) is 18.9 Å². The van der Waals surface area contributed by atoms with Crippen LogP contribution in [0.4, 0.5) is 10.5 Å². The molecule has 4 rings (SSSR count). The van der Waals surface area contributed by atoms with Gasteiger partial charge in [0.15, 0.2) is 5.79 Å². The molecule has 1 N–H and O–H groups in total. The third-order valence-corrected chi connectivity index (χ3v) is 4.71. The number of ether oxygens (including phenoxy) is 4. The van der Waals surface area contributed by atoms with Crippen molar-refractivity contribution in [1.82, 2.24) is 9.78 Å². The highest BCUT2D eigenvalue weighted by molar-refractivity contribution is 5.86. The number of carbonyl (C=O) groups excluding carboxylic acids is 1. The molecular weight excluding hydrogens is 398 g/mol. The summed E-state index contributed by atoms with van der Waals surface area (Å²) >= 11 is 0. The van der Waals surface area contributed by atoms with Gasteiger partial charge in [0.25, 0.3) is 0 Å². The van der Waals surface area contributed by atoms with Crippen molar-refractivity contribution in [1.29, 1.82) is 0 Å². The second-order valence-electron chi connectivity index (χ2n) is 7.62. The fourth-order valence-electron chi connectivity index (χ4n) is 3.23. The molecule has 8 nitrogen and oxygen atoms in total. The summed E-state index contributed by atoms with van der Waals surface area (Å²) in [5, 5.41) is 7.24. The topological polar surface area (TPSA) is 83.8 Å². The molecule has 0 saturated carbocycles. The lowest BCUT2D eigenvalue weighted by Gasteiger charge is -2.16. The molecule has 0 spiro atoms. The first-order valence-electron chi connectivity index (χ1n) is 10.0. The number of nitrogens with one attached hydrogen (secondary N) is 1. The van der Waals surface area contributed by atoms with Crippen LogP contribution in [0.2, 0.25) is 0 Å². The summed E-state index contributed by atoms with van der Waals surface area (Å²) in [6.45, 7) is 6.22. The van der Waals surface area contributed by atoms with Crippen molar-refractivity contribution in [3.8, 4) is 17.4 Å². The van der Waals surface area contributed by atoms with Gasteiger partial charge >= 0.3 is 6.09 Å². The van der Waals surface area contributed by atoms with Gasteiger partial charge in [0, 0.05) is 5.69 Å². The normalized spacial score (nSPS) is 17.3. The minimum absolute atomic E-state index is 0.206. The highest BCUT2D eigenvalue weighted by Crippen LogP contribution is 2.31. The quantitative estimate of drug-likeness (QED) is 0.636. The number of rotatable bonds is 6. The molecule has 1 aromatic heterocycles. The van der Waals surface area contributed by atoms with Crippen molar-refractivity contribution < 1.29 is 23.7 Å². The number of hydrogen-bond acceptors (Lipinski definition) is 6. The van der Waals surface area contributed by atoms with Crippen molar-refractivity contribution in [3.63, 3.8) is 0 Å². The molecule has 0 unspecified atom stereocenters. The molecule has 1 amide bonds. The lowest BCUT2D eigenvalue weighted by Crippen LogP contribution is -2.25. The summed E-state index contributed by atoms with van der Waals surface area (Å²) in [5.74, 6) is 0.00854. The van der Waals surface area contributed by atoms with Crippen LogP contribution in [0.25, 0.3) is 5.69 Å². The van der Waals surface area contributed by atoms with Crippen LogP contribution in [0.1, 0.15) is 19.4 Å². The van der Waals surface area contributed by atoms with Crippen molar-refractivity contribution in [3.05, 3.63) is 66.2 Å². The van der Waals surface area contributed by atoms with E-state index < -0.39 is 11.9 Å². The predicted octanol–water partition coefficient (Wildman–Crippen LogP) is 4.32. The molecule has 31 heavy (non-hydrogen) atoms. The van der Waals surface area contributed by atoms with E-state index in [1.54, 1.807) is 23.7 Å². The number of carbonyl (C=O) groups is 1. The number of anilines is 1. The average molecular weight is 423 g/mol. The number of hydrogen-bond donors (Lipinski definition) is 1. The van der Waals surface area contributed by atoms with E-state index >= 15 is 0 Å². The zero-order chi connectivity index (χ0) is 21.8. The Balaban J connectivity index is 1.55. The number of nitrogens with zero attached hydrogens (tertiary/aromatic N) is 2. The minimum Gasteiger partial charge on any atom is -0.473 e. The first-order valence-corrected chi connectivity index (χ1v) is 10.0. The Morgan fingerprint density at radius 3 is 2.48 bits per heavy atom. The fourth-order valence-corrected chi connectivity index (χ4v) is 3.23. The third-order valence-electron chi connectivity index (χ3n) is 4.71. The van der Waals surface area contributed by atoms with Crippen LogP contribution in [0.3, 0.4) is 0 Å². The second kappa shape index (κ2) is 8.79. The maximum atomic E-state index is 12.5. The van der Waals surface area contributed by atoms with Crippen LogP contribution in [-0.4, -0.2) is 41.0 Å². The summed E-state index contributed by atoms with van der Waals surface area (Å²) in [5.41, 5.74) is 1.98. The van der Waals surface area contributed by atoms with Gasteiger partial charge in [-0.2, -0.15) is 4.68 Å². The average Bonchev–Trinajstić information content (AvgIpc) is 3.27. The lowest BCUT2D eigenvalue weighted by atomic mass is 10.3. The van der Waals surface area contributed by atoms with Crippen LogP contribution in [-0.2, 0) is 9.47 Å². The van der Waals surface area contributed by atoms with Gasteiger partial charge in [-0.25, -0.2) is 4.79 Å². The largest absolute Gasteiger partial charge is 0.473 e. The summed E-state index contributed by atoms with van der Waals surface area (Å²) < 4.78 is 24.4. The standard InChI is InChI=1S/C23H25N3O5/c1-16-20(28-14-19-15-29-23(2,3)31-19)25-26(18-12-8-5-9-13-18)21(16)30-22(27)24-17-10-6-4-7-11-17/h4-13,19H,14-15H2,1-3H3,(H,24,27)/t19-/m0/s1. The third kappa shape index (κ3) is 5.04. The monoisotopic (exact) mass is 423 g/mol. The van der Waals surface area contributed by atoms with Gasteiger partial charge < -0.3 is 18.9 Å². The van der Waals surface area contributed by atoms with Crippen LogP contribution in [0.15, 0.2) is 60.7 Å². The van der Waals surface area contributed by atoms with Crippen molar-refractivity contribution in [2.75, 3.05) is 18.5 Å². The lowest BCUT2D eigenvalue weighted by molar-refractivity contribution is -0.141. The van der Waals surface area contributed by atoms with Crippen molar-refractivity contribution in [2.45, 2.75) is 32.7 Å². The van der Waals surface area contributed by atoms with Crippen molar-refractivity contribution in [2.24, 2.45) is 0 Å². The Hall–Kier alpha value is -3.36. The SMILES string of the molecule is Cc1c(OC[C@H]2COC(C)(C)O2)nn(-c2ccccc2)c1OC(=O)Nc1ccccc1. The molecule has 1 fully saturated rings. The van der Waals surface area contributed by atoms with Crippen molar-refractivity contribution >= 4 is 11.8 Å². The van der Waals surface area contributed by atoms with Gasteiger partial charge in [0.05, 0.1) is 17.9 Å². The van der Waals surface area contributed by atoms with E-state index in [9.17, 15) is 4.79 Å². The van der Waals surface area contributed by atoms with Gasteiger partial charge in [0.2, 0.25) is 11.8 Å². The van der Waals surface area contributed by atoms with E-state index in [2.05, 4.69) is 10.4 Å². The maximum absolute atomic E-state index is 12.5. The van der Waals surface area contributed by atoms with E-state index in [1.807, 2.05) is 62.4 Å². The first kappa shape index (κ1) is 20.9. The predicted molar refractivity (Wildman–Crippen MR) is 115 cm³/mol. The van der Waals surface area contributed by atoms with Gasteiger partial charge in [0.1, 0.15) is 12.7 Å². The molecule has 1 aliphatic rings. The summed E-state index contributed by atoms with van der Waals surface area (Å²) in [7, 11) is 0. The molecular formula is C23H25N3O5. The first-order chi connectivity index (χ1) is 14.9. The Kier molecular flexibility index (Phi) is 5.92.